The van der Waals surface area contributed by atoms with E-state index in [1.807, 2.05) is 63.3 Å². The summed E-state index contributed by atoms with van der Waals surface area (Å²) in [7, 11) is 0. The normalized spacial score (nSPS) is 9.12. The van der Waals surface area contributed by atoms with Crippen LogP contribution in [0.1, 0.15) is 41.5 Å². The average Bonchev–Trinajstić information content (AvgIpc) is 2.55. The highest BCUT2D eigenvalue weighted by molar-refractivity contribution is 8.03. The van der Waals surface area contributed by atoms with Crippen molar-refractivity contribution in [1.29, 1.82) is 0 Å². The zero-order valence-electron chi connectivity index (χ0n) is 16.5. The minimum Gasteiger partial charge on any atom is -0.103 e. The van der Waals surface area contributed by atoms with Crippen molar-refractivity contribution in [3.63, 3.8) is 0 Å². The highest BCUT2D eigenvalue weighted by Crippen LogP contribution is 2.25. The van der Waals surface area contributed by atoms with Crippen molar-refractivity contribution in [2.45, 2.75) is 46.4 Å². The van der Waals surface area contributed by atoms with Crippen LogP contribution in [-0.2, 0) is 0 Å². The summed E-state index contributed by atoms with van der Waals surface area (Å²) >= 11 is 1.66. The average molecular weight is 345 g/mol. The van der Waals surface area contributed by atoms with E-state index in [1.54, 1.807) is 23.9 Å². The SMILES string of the molecule is C=C/C=C/C=C/C(=C)Sc1ccccc1.C=CC.CC.CC(C)C. The van der Waals surface area contributed by atoms with Gasteiger partial charge in [0.25, 0.3) is 0 Å². The Morgan fingerprint density at radius 3 is 1.83 bits per heavy atom. The van der Waals surface area contributed by atoms with E-state index in [1.165, 1.54) is 4.90 Å². The Balaban J connectivity index is -0.000000411. The van der Waals surface area contributed by atoms with Gasteiger partial charge in [-0.15, -0.1) is 6.58 Å². The van der Waals surface area contributed by atoms with Crippen LogP contribution in [0.4, 0.5) is 0 Å². The number of hydrogen-bond donors (Lipinski definition) is 0. The van der Waals surface area contributed by atoms with Gasteiger partial charge in [0.05, 0.1) is 0 Å². The Bertz CT molecular complexity index is 447. The molecule has 0 nitrogen and oxygen atoms in total. The van der Waals surface area contributed by atoms with E-state index in [4.69, 9.17) is 0 Å². The molecule has 134 valence electrons. The third kappa shape index (κ3) is 28.4. The van der Waals surface area contributed by atoms with E-state index in [2.05, 4.69) is 52.6 Å². The lowest BCUT2D eigenvalue weighted by Gasteiger charge is -1.98. The molecule has 0 aliphatic carbocycles. The summed E-state index contributed by atoms with van der Waals surface area (Å²) in [5, 5.41) is 0. The van der Waals surface area contributed by atoms with Crippen LogP contribution in [-0.4, -0.2) is 0 Å². The third-order valence-corrected chi connectivity index (χ3v) is 2.54. The molecule has 0 saturated heterocycles. The highest BCUT2D eigenvalue weighted by Gasteiger charge is 1.92. The molecule has 0 aliphatic rings. The fourth-order valence-corrected chi connectivity index (χ4v) is 1.72. The first-order valence-corrected chi connectivity index (χ1v) is 9.24. The minimum absolute atomic E-state index is 0.833. The number of rotatable bonds is 5. The van der Waals surface area contributed by atoms with Gasteiger partial charge < -0.3 is 0 Å². The minimum atomic E-state index is 0.833. The molecule has 0 bridgehead atoms. The van der Waals surface area contributed by atoms with Crippen LogP contribution < -0.4 is 0 Å². The van der Waals surface area contributed by atoms with Crippen LogP contribution in [0.5, 0.6) is 0 Å². The quantitative estimate of drug-likeness (QED) is 0.293. The van der Waals surface area contributed by atoms with Gasteiger partial charge in [0, 0.05) is 9.80 Å². The molecule has 0 N–H and O–H groups in total. The molecule has 0 radical (unpaired) electrons. The standard InChI is InChI=1S/C14H14S.C4H10.C3H6.C2H6/c1-3-4-5-7-10-13(2)15-14-11-8-6-9-12-14;1-4(2)3;1-3-2;1-2/h3-12H,1-2H2;4H,1-3H3;3H,1H2,2H3;1-2H3/b5-4+,10-7+;;;. The number of allylic oxidation sites excluding steroid dienone is 6. The van der Waals surface area contributed by atoms with E-state index in [0.717, 1.165) is 10.8 Å². The van der Waals surface area contributed by atoms with Crippen molar-refractivity contribution in [1.82, 2.24) is 0 Å². The van der Waals surface area contributed by atoms with Crippen molar-refractivity contribution in [2.75, 3.05) is 0 Å². The van der Waals surface area contributed by atoms with Crippen molar-refractivity contribution < 1.29 is 0 Å². The second-order valence-electron chi connectivity index (χ2n) is 5.00. The van der Waals surface area contributed by atoms with Crippen molar-refractivity contribution in [3.8, 4) is 0 Å². The van der Waals surface area contributed by atoms with E-state index in [9.17, 15) is 0 Å². The van der Waals surface area contributed by atoms with E-state index in [0.29, 0.717) is 0 Å². The predicted molar refractivity (Wildman–Crippen MR) is 118 cm³/mol. The first-order chi connectivity index (χ1) is 11.5. The van der Waals surface area contributed by atoms with E-state index < -0.39 is 0 Å². The van der Waals surface area contributed by atoms with Crippen molar-refractivity contribution in [2.24, 2.45) is 5.92 Å². The second-order valence-corrected chi connectivity index (χ2v) is 6.20. The van der Waals surface area contributed by atoms with Crippen molar-refractivity contribution >= 4 is 11.8 Å². The second kappa shape index (κ2) is 23.5. The number of thioether (sulfide) groups is 1. The zero-order valence-corrected chi connectivity index (χ0v) is 17.3. The van der Waals surface area contributed by atoms with Crippen LogP contribution in [0.3, 0.4) is 0 Å². The van der Waals surface area contributed by atoms with Gasteiger partial charge in [-0.2, -0.15) is 0 Å². The highest BCUT2D eigenvalue weighted by atomic mass is 32.2. The molecule has 0 fully saturated rings. The van der Waals surface area contributed by atoms with Crippen molar-refractivity contribution in [3.05, 3.63) is 91.4 Å². The molecule has 24 heavy (non-hydrogen) atoms. The van der Waals surface area contributed by atoms with Gasteiger partial charge in [-0.1, -0.05) is 108 Å². The summed E-state index contributed by atoms with van der Waals surface area (Å²) in [5.74, 6) is 0.833. The molecule has 0 amide bonds. The number of hydrogen-bond acceptors (Lipinski definition) is 1. The lowest BCUT2D eigenvalue weighted by molar-refractivity contribution is 0.737. The predicted octanol–water partition coefficient (Wildman–Crippen LogP) is 8.47. The Morgan fingerprint density at radius 1 is 0.958 bits per heavy atom. The van der Waals surface area contributed by atoms with Crippen LogP contribution in [0.2, 0.25) is 0 Å². The fourth-order valence-electron chi connectivity index (χ4n) is 0.980. The van der Waals surface area contributed by atoms with Gasteiger partial charge in [0.15, 0.2) is 0 Å². The Kier molecular flexibility index (Phi) is 26.6. The summed E-state index contributed by atoms with van der Waals surface area (Å²) in [5.41, 5.74) is 0. The van der Waals surface area contributed by atoms with Crippen LogP contribution in [0, 0.1) is 5.92 Å². The maximum Gasteiger partial charge on any atom is 0.0122 e. The molecule has 1 heteroatoms. The maximum absolute atomic E-state index is 3.96. The molecule has 0 spiro atoms. The van der Waals surface area contributed by atoms with Gasteiger partial charge in [0.1, 0.15) is 0 Å². The molecular formula is C23H36S. The molecular weight excluding hydrogens is 308 g/mol. The lowest BCUT2D eigenvalue weighted by Crippen LogP contribution is -1.69. The summed E-state index contributed by atoms with van der Waals surface area (Å²) in [6.07, 6.45) is 11.3. The van der Waals surface area contributed by atoms with Gasteiger partial charge in [-0.3, -0.25) is 0 Å². The first kappa shape index (κ1) is 27.1. The Hall–Kier alpha value is -1.73. The largest absolute Gasteiger partial charge is 0.103 e. The summed E-state index contributed by atoms with van der Waals surface area (Å²) in [6, 6.07) is 10.2. The molecule has 1 rings (SSSR count). The smallest absolute Gasteiger partial charge is 0.0122 e. The lowest BCUT2D eigenvalue weighted by atomic mass is 10.3. The van der Waals surface area contributed by atoms with Gasteiger partial charge in [-0.05, 0) is 31.1 Å². The van der Waals surface area contributed by atoms with Crippen LogP contribution in [0.25, 0.3) is 0 Å². The van der Waals surface area contributed by atoms with Crippen LogP contribution in [0.15, 0.2) is 96.3 Å². The molecule has 0 heterocycles. The summed E-state index contributed by atoms with van der Waals surface area (Å²) in [4.78, 5) is 2.23. The molecule has 1 aromatic carbocycles. The Morgan fingerprint density at radius 2 is 1.42 bits per heavy atom. The molecule has 0 atom stereocenters. The number of benzene rings is 1. The Labute approximate surface area is 155 Å². The van der Waals surface area contributed by atoms with Gasteiger partial charge in [-0.25, -0.2) is 0 Å². The molecule has 0 saturated carbocycles. The summed E-state index contributed by atoms with van der Waals surface area (Å²) < 4.78 is 0. The molecule has 0 unspecified atom stereocenters. The topological polar surface area (TPSA) is 0 Å². The van der Waals surface area contributed by atoms with E-state index >= 15 is 0 Å². The molecule has 0 aliphatic heterocycles. The molecule has 1 aromatic rings. The third-order valence-electron chi connectivity index (χ3n) is 1.63. The monoisotopic (exact) mass is 344 g/mol. The zero-order chi connectivity index (χ0) is 19.2. The fraction of sp³-hybridized carbons (Fsp3) is 0.304. The molecule has 0 aromatic heterocycles. The van der Waals surface area contributed by atoms with Crippen LogP contribution >= 0.6 is 11.8 Å². The van der Waals surface area contributed by atoms with E-state index in [-0.39, 0.29) is 0 Å². The van der Waals surface area contributed by atoms with Gasteiger partial charge >= 0.3 is 0 Å². The van der Waals surface area contributed by atoms with Gasteiger partial charge in [0.2, 0.25) is 0 Å². The maximum atomic E-state index is 3.96. The summed E-state index contributed by atoms with van der Waals surface area (Å²) in [6.45, 7) is 23.3. The first-order valence-electron chi connectivity index (χ1n) is 8.42.